The van der Waals surface area contributed by atoms with Crippen molar-refractivity contribution in [1.82, 2.24) is 0 Å². The van der Waals surface area contributed by atoms with Crippen LogP contribution < -0.4 is 11.5 Å². The van der Waals surface area contributed by atoms with Crippen LogP contribution >= 0.6 is 0 Å². The van der Waals surface area contributed by atoms with Gasteiger partial charge in [0.15, 0.2) is 0 Å². The van der Waals surface area contributed by atoms with Gasteiger partial charge in [0.1, 0.15) is 0 Å². The van der Waals surface area contributed by atoms with Crippen molar-refractivity contribution in [3.8, 4) is 33.4 Å². The van der Waals surface area contributed by atoms with Crippen LogP contribution in [0.4, 0.5) is 11.4 Å². The average Bonchev–Trinajstić information content (AvgIpc) is 2.69. The summed E-state index contributed by atoms with van der Waals surface area (Å²) in [5, 5.41) is 0. The lowest BCUT2D eigenvalue weighted by atomic mass is 9.89. The molecule has 0 amide bonds. The largest absolute Gasteiger partial charge is 0.399 e. The van der Waals surface area contributed by atoms with E-state index in [4.69, 9.17) is 11.5 Å². The zero-order valence-corrected chi connectivity index (χ0v) is 14.4. The van der Waals surface area contributed by atoms with Crippen LogP contribution in [0, 0.1) is 0 Å². The molecule has 0 saturated heterocycles. The molecule has 4 aromatic rings. The molecular weight excluding hydrogens is 316 g/mol. The van der Waals surface area contributed by atoms with Gasteiger partial charge in [0.25, 0.3) is 0 Å². The Kier molecular flexibility index (Phi) is 4.16. The Morgan fingerprint density at radius 2 is 0.846 bits per heavy atom. The van der Waals surface area contributed by atoms with Gasteiger partial charge in [-0.25, -0.2) is 0 Å². The third-order valence-corrected chi connectivity index (χ3v) is 4.55. The molecule has 0 radical (unpaired) electrons. The maximum atomic E-state index is 6.14. The van der Waals surface area contributed by atoms with Crippen LogP contribution in [0.5, 0.6) is 0 Å². The Labute approximate surface area is 153 Å². The standard InChI is InChI=1S/C24H20N2/c25-19-12-14-22(23(15-19)18-9-5-2-6-10-18)24-16-20(26)11-13-21(24)17-7-3-1-4-8-17/h1-16H,25-26H2. The monoisotopic (exact) mass is 336 g/mol. The molecule has 0 aromatic heterocycles. The second-order valence-corrected chi connectivity index (χ2v) is 6.34. The smallest absolute Gasteiger partial charge is 0.0320 e. The fourth-order valence-corrected chi connectivity index (χ4v) is 3.31. The third-order valence-electron chi connectivity index (χ3n) is 4.55. The highest BCUT2D eigenvalue weighted by molar-refractivity contribution is 5.93. The van der Waals surface area contributed by atoms with E-state index in [0.717, 1.165) is 39.2 Å². The summed E-state index contributed by atoms with van der Waals surface area (Å²) in [6.07, 6.45) is 0. The first-order valence-corrected chi connectivity index (χ1v) is 8.62. The van der Waals surface area contributed by atoms with Crippen LogP contribution in [0.3, 0.4) is 0 Å². The van der Waals surface area contributed by atoms with Gasteiger partial charge >= 0.3 is 0 Å². The van der Waals surface area contributed by atoms with E-state index in [9.17, 15) is 0 Å². The van der Waals surface area contributed by atoms with Crippen molar-refractivity contribution in [2.45, 2.75) is 0 Å². The van der Waals surface area contributed by atoms with Crippen molar-refractivity contribution in [3.63, 3.8) is 0 Å². The zero-order chi connectivity index (χ0) is 17.9. The molecule has 2 heteroatoms. The molecular formula is C24H20N2. The van der Waals surface area contributed by atoms with Crippen LogP contribution in [0.2, 0.25) is 0 Å². The molecule has 4 aromatic carbocycles. The highest BCUT2D eigenvalue weighted by atomic mass is 14.5. The van der Waals surface area contributed by atoms with E-state index < -0.39 is 0 Å². The van der Waals surface area contributed by atoms with E-state index in [-0.39, 0.29) is 0 Å². The Morgan fingerprint density at radius 1 is 0.385 bits per heavy atom. The maximum absolute atomic E-state index is 6.14. The van der Waals surface area contributed by atoms with Crippen LogP contribution in [-0.4, -0.2) is 0 Å². The van der Waals surface area contributed by atoms with E-state index in [1.807, 2.05) is 48.5 Å². The Balaban J connectivity index is 1.99. The summed E-state index contributed by atoms with van der Waals surface area (Å²) in [6, 6.07) is 32.8. The average molecular weight is 336 g/mol. The van der Waals surface area contributed by atoms with Crippen LogP contribution in [-0.2, 0) is 0 Å². The molecule has 26 heavy (non-hydrogen) atoms. The minimum absolute atomic E-state index is 0.746. The van der Waals surface area contributed by atoms with Gasteiger partial charge in [0.2, 0.25) is 0 Å². The highest BCUT2D eigenvalue weighted by Crippen LogP contribution is 2.39. The number of rotatable bonds is 3. The van der Waals surface area contributed by atoms with Gasteiger partial charge in [-0.05, 0) is 57.6 Å². The normalized spacial score (nSPS) is 10.6. The summed E-state index contributed by atoms with van der Waals surface area (Å²) >= 11 is 0. The Morgan fingerprint density at radius 3 is 1.42 bits per heavy atom. The van der Waals surface area contributed by atoms with E-state index >= 15 is 0 Å². The third kappa shape index (κ3) is 3.05. The molecule has 0 aliphatic rings. The van der Waals surface area contributed by atoms with Crippen molar-refractivity contribution >= 4 is 11.4 Å². The van der Waals surface area contributed by atoms with Gasteiger partial charge in [0.05, 0.1) is 0 Å². The number of anilines is 2. The number of hydrogen-bond donors (Lipinski definition) is 2. The van der Waals surface area contributed by atoms with Gasteiger partial charge in [0, 0.05) is 11.4 Å². The SMILES string of the molecule is Nc1ccc(-c2cc(N)ccc2-c2ccccc2)c(-c2ccccc2)c1. The lowest BCUT2D eigenvalue weighted by Gasteiger charge is -2.16. The molecule has 4 rings (SSSR count). The van der Waals surface area contributed by atoms with Crippen molar-refractivity contribution in [1.29, 1.82) is 0 Å². The molecule has 0 aliphatic carbocycles. The van der Waals surface area contributed by atoms with Gasteiger partial charge < -0.3 is 11.5 Å². The lowest BCUT2D eigenvalue weighted by Crippen LogP contribution is -1.94. The highest BCUT2D eigenvalue weighted by Gasteiger charge is 2.13. The molecule has 0 saturated carbocycles. The molecule has 0 bridgehead atoms. The fraction of sp³-hybridized carbons (Fsp3) is 0. The van der Waals surface area contributed by atoms with E-state index in [1.165, 1.54) is 5.56 Å². The summed E-state index contributed by atoms with van der Waals surface area (Å²) < 4.78 is 0. The van der Waals surface area contributed by atoms with Crippen LogP contribution in [0.25, 0.3) is 33.4 Å². The fourth-order valence-electron chi connectivity index (χ4n) is 3.31. The minimum atomic E-state index is 0.746. The molecule has 0 heterocycles. The first-order valence-electron chi connectivity index (χ1n) is 8.62. The van der Waals surface area contributed by atoms with Crippen molar-refractivity contribution in [2.75, 3.05) is 11.5 Å². The van der Waals surface area contributed by atoms with Crippen LogP contribution in [0.15, 0.2) is 97.1 Å². The van der Waals surface area contributed by atoms with Crippen molar-refractivity contribution in [3.05, 3.63) is 97.1 Å². The molecule has 2 nitrogen and oxygen atoms in total. The molecule has 0 unspecified atom stereocenters. The second kappa shape index (κ2) is 6.77. The number of nitrogens with two attached hydrogens (primary N) is 2. The molecule has 126 valence electrons. The molecule has 0 aliphatic heterocycles. The van der Waals surface area contributed by atoms with E-state index in [2.05, 4.69) is 48.5 Å². The summed E-state index contributed by atoms with van der Waals surface area (Å²) in [5.74, 6) is 0. The molecule has 0 fully saturated rings. The predicted molar refractivity (Wildman–Crippen MR) is 112 cm³/mol. The van der Waals surface area contributed by atoms with E-state index in [1.54, 1.807) is 0 Å². The van der Waals surface area contributed by atoms with Crippen molar-refractivity contribution < 1.29 is 0 Å². The van der Waals surface area contributed by atoms with Gasteiger partial charge in [-0.15, -0.1) is 0 Å². The molecule has 0 atom stereocenters. The first-order chi connectivity index (χ1) is 12.7. The summed E-state index contributed by atoms with van der Waals surface area (Å²) in [7, 11) is 0. The quantitative estimate of drug-likeness (QED) is 0.461. The van der Waals surface area contributed by atoms with Gasteiger partial charge in [-0.3, -0.25) is 0 Å². The zero-order valence-electron chi connectivity index (χ0n) is 14.4. The topological polar surface area (TPSA) is 52.0 Å². The van der Waals surface area contributed by atoms with Gasteiger partial charge in [-0.2, -0.15) is 0 Å². The Bertz CT molecular complexity index is 1040. The maximum Gasteiger partial charge on any atom is 0.0320 e. The lowest BCUT2D eigenvalue weighted by molar-refractivity contribution is 1.56. The number of hydrogen-bond acceptors (Lipinski definition) is 2. The second-order valence-electron chi connectivity index (χ2n) is 6.34. The first kappa shape index (κ1) is 16.0. The number of benzene rings is 4. The van der Waals surface area contributed by atoms with Crippen LogP contribution in [0.1, 0.15) is 0 Å². The molecule has 4 N–H and O–H groups in total. The van der Waals surface area contributed by atoms with Gasteiger partial charge in [-0.1, -0.05) is 72.8 Å². The summed E-state index contributed by atoms with van der Waals surface area (Å²) in [5.41, 5.74) is 20.5. The summed E-state index contributed by atoms with van der Waals surface area (Å²) in [4.78, 5) is 0. The predicted octanol–water partition coefficient (Wildman–Crippen LogP) is 5.85. The number of nitrogen functional groups attached to an aromatic ring is 2. The van der Waals surface area contributed by atoms with E-state index in [0.29, 0.717) is 0 Å². The minimum Gasteiger partial charge on any atom is -0.399 e. The van der Waals surface area contributed by atoms with Crippen molar-refractivity contribution in [2.24, 2.45) is 0 Å². The molecule has 0 spiro atoms. The Hall–Kier alpha value is -3.52. The summed E-state index contributed by atoms with van der Waals surface area (Å²) in [6.45, 7) is 0.